The fraction of sp³-hybridized carbons (Fsp3) is 0.538. The van der Waals surface area contributed by atoms with Crippen molar-refractivity contribution in [3.8, 4) is 0 Å². The second-order valence-electron chi connectivity index (χ2n) is 4.64. The third kappa shape index (κ3) is 3.13. The van der Waals surface area contributed by atoms with Crippen LogP contribution in [0, 0.1) is 0 Å². The van der Waals surface area contributed by atoms with Crippen LogP contribution in [0.2, 0.25) is 0 Å². The Hall–Kier alpha value is -0.390. The van der Waals surface area contributed by atoms with Crippen LogP contribution in [-0.2, 0) is 16.4 Å². The van der Waals surface area contributed by atoms with Gasteiger partial charge in [-0.05, 0) is 43.9 Å². The standard InChI is InChI=1S/C13H18BrNO2S/c1-2-18(16,17)15-9-3-4-13(15)10-11-5-7-12(14)8-6-11/h5-8,13H,2-4,9-10H2,1H3. The minimum atomic E-state index is -3.05. The van der Waals surface area contributed by atoms with E-state index in [1.165, 1.54) is 5.56 Å². The molecule has 5 heteroatoms. The molecule has 1 saturated heterocycles. The van der Waals surface area contributed by atoms with E-state index in [0.717, 1.165) is 23.7 Å². The molecule has 3 nitrogen and oxygen atoms in total. The fourth-order valence-electron chi connectivity index (χ4n) is 2.44. The molecule has 1 heterocycles. The Balaban J connectivity index is 2.11. The lowest BCUT2D eigenvalue weighted by molar-refractivity contribution is 0.386. The van der Waals surface area contributed by atoms with Gasteiger partial charge in [-0.15, -0.1) is 0 Å². The maximum absolute atomic E-state index is 12.0. The van der Waals surface area contributed by atoms with Crippen LogP contribution in [0.5, 0.6) is 0 Å². The first kappa shape index (κ1) is 14.0. The van der Waals surface area contributed by atoms with Gasteiger partial charge < -0.3 is 0 Å². The minimum absolute atomic E-state index is 0.135. The van der Waals surface area contributed by atoms with Crippen LogP contribution in [0.4, 0.5) is 0 Å². The average molecular weight is 332 g/mol. The number of hydrogen-bond donors (Lipinski definition) is 0. The molecule has 0 N–H and O–H groups in total. The molecule has 0 bridgehead atoms. The lowest BCUT2D eigenvalue weighted by atomic mass is 10.1. The summed E-state index contributed by atoms with van der Waals surface area (Å²) in [5, 5.41) is 0. The SMILES string of the molecule is CCS(=O)(=O)N1CCCC1Cc1ccc(Br)cc1. The van der Waals surface area contributed by atoms with E-state index in [0.29, 0.717) is 6.54 Å². The Bertz CT molecular complexity index is 498. The van der Waals surface area contributed by atoms with Crippen LogP contribution in [0.3, 0.4) is 0 Å². The lowest BCUT2D eigenvalue weighted by Crippen LogP contribution is -2.37. The number of sulfonamides is 1. The molecular formula is C13H18BrNO2S. The van der Waals surface area contributed by atoms with Crippen LogP contribution in [0.25, 0.3) is 0 Å². The Labute approximate surface area is 117 Å². The predicted molar refractivity (Wildman–Crippen MR) is 77.0 cm³/mol. The molecule has 0 aliphatic carbocycles. The van der Waals surface area contributed by atoms with Gasteiger partial charge in [0.2, 0.25) is 10.0 Å². The molecule has 1 aromatic carbocycles. The van der Waals surface area contributed by atoms with Crippen LogP contribution in [-0.4, -0.2) is 31.1 Å². The van der Waals surface area contributed by atoms with E-state index in [9.17, 15) is 8.42 Å². The van der Waals surface area contributed by atoms with Crippen molar-refractivity contribution >= 4 is 26.0 Å². The highest BCUT2D eigenvalue weighted by Gasteiger charge is 2.32. The van der Waals surface area contributed by atoms with Gasteiger partial charge in [-0.2, -0.15) is 4.31 Å². The van der Waals surface area contributed by atoms with Gasteiger partial charge in [0.1, 0.15) is 0 Å². The van der Waals surface area contributed by atoms with Crippen LogP contribution >= 0.6 is 15.9 Å². The summed E-state index contributed by atoms with van der Waals surface area (Å²) in [6.07, 6.45) is 2.75. The quantitative estimate of drug-likeness (QED) is 0.850. The highest BCUT2D eigenvalue weighted by molar-refractivity contribution is 9.10. The molecule has 2 rings (SSSR count). The zero-order valence-corrected chi connectivity index (χ0v) is 12.9. The number of hydrogen-bond acceptors (Lipinski definition) is 2. The molecule has 100 valence electrons. The number of halogens is 1. The summed E-state index contributed by atoms with van der Waals surface area (Å²) in [7, 11) is -3.05. The number of rotatable bonds is 4. The summed E-state index contributed by atoms with van der Waals surface area (Å²) in [5.74, 6) is 0.198. The van der Waals surface area contributed by atoms with Gasteiger partial charge in [-0.25, -0.2) is 8.42 Å². The molecule has 0 amide bonds. The summed E-state index contributed by atoms with van der Waals surface area (Å²) in [4.78, 5) is 0. The molecule has 1 atom stereocenters. The molecule has 0 radical (unpaired) electrons. The van der Waals surface area contributed by atoms with Crippen molar-refractivity contribution in [3.05, 3.63) is 34.3 Å². The lowest BCUT2D eigenvalue weighted by Gasteiger charge is -2.23. The van der Waals surface area contributed by atoms with Gasteiger partial charge in [0.15, 0.2) is 0 Å². The fourth-order valence-corrected chi connectivity index (χ4v) is 4.08. The van der Waals surface area contributed by atoms with Crippen LogP contribution < -0.4 is 0 Å². The van der Waals surface area contributed by atoms with E-state index >= 15 is 0 Å². The summed E-state index contributed by atoms with van der Waals surface area (Å²) in [5.41, 5.74) is 1.20. The van der Waals surface area contributed by atoms with Gasteiger partial charge in [0.05, 0.1) is 5.75 Å². The zero-order chi connectivity index (χ0) is 13.2. The predicted octanol–water partition coefficient (Wildman–Crippen LogP) is 2.81. The van der Waals surface area contributed by atoms with Crippen molar-refractivity contribution in [2.75, 3.05) is 12.3 Å². The molecule has 1 aromatic rings. The monoisotopic (exact) mass is 331 g/mol. The Morgan fingerprint density at radius 2 is 2.00 bits per heavy atom. The van der Waals surface area contributed by atoms with Crippen molar-refractivity contribution in [3.63, 3.8) is 0 Å². The van der Waals surface area contributed by atoms with Gasteiger partial charge >= 0.3 is 0 Å². The zero-order valence-electron chi connectivity index (χ0n) is 10.5. The molecule has 1 aliphatic rings. The first-order valence-electron chi connectivity index (χ1n) is 6.27. The topological polar surface area (TPSA) is 37.4 Å². The molecular weight excluding hydrogens is 314 g/mol. The van der Waals surface area contributed by atoms with Gasteiger partial charge in [0.25, 0.3) is 0 Å². The smallest absolute Gasteiger partial charge is 0.212 e. The van der Waals surface area contributed by atoms with E-state index in [1.807, 2.05) is 12.1 Å². The largest absolute Gasteiger partial charge is 0.214 e. The molecule has 1 unspecified atom stereocenters. The molecule has 1 fully saturated rings. The van der Waals surface area contributed by atoms with Crippen LogP contribution in [0.15, 0.2) is 28.7 Å². The van der Waals surface area contributed by atoms with E-state index in [2.05, 4.69) is 28.1 Å². The second kappa shape index (κ2) is 5.72. The normalized spacial score (nSPS) is 21.3. The van der Waals surface area contributed by atoms with E-state index in [4.69, 9.17) is 0 Å². The van der Waals surface area contributed by atoms with Crippen LogP contribution in [0.1, 0.15) is 25.3 Å². The molecule has 0 saturated carbocycles. The van der Waals surface area contributed by atoms with E-state index < -0.39 is 10.0 Å². The summed E-state index contributed by atoms with van der Waals surface area (Å²) >= 11 is 3.41. The van der Waals surface area contributed by atoms with Gasteiger partial charge in [-0.1, -0.05) is 28.1 Å². The number of benzene rings is 1. The maximum atomic E-state index is 12.0. The van der Waals surface area contributed by atoms with Crippen molar-refractivity contribution < 1.29 is 8.42 Å². The molecule has 1 aliphatic heterocycles. The molecule has 0 aromatic heterocycles. The van der Waals surface area contributed by atoms with Crippen molar-refractivity contribution in [1.82, 2.24) is 4.31 Å². The summed E-state index contributed by atoms with van der Waals surface area (Å²) in [6, 6.07) is 8.25. The third-order valence-corrected chi connectivity index (χ3v) is 5.88. The number of nitrogens with zero attached hydrogens (tertiary/aromatic N) is 1. The minimum Gasteiger partial charge on any atom is -0.212 e. The first-order chi connectivity index (χ1) is 8.53. The first-order valence-corrected chi connectivity index (χ1v) is 8.67. The third-order valence-electron chi connectivity index (χ3n) is 3.43. The summed E-state index contributed by atoms with van der Waals surface area (Å²) in [6.45, 7) is 2.39. The van der Waals surface area contributed by atoms with Crippen molar-refractivity contribution in [1.29, 1.82) is 0 Å². The summed E-state index contributed by atoms with van der Waals surface area (Å²) < 4.78 is 26.7. The Morgan fingerprint density at radius 3 is 2.61 bits per heavy atom. The second-order valence-corrected chi connectivity index (χ2v) is 7.76. The van der Waals surface area contributed by atoms with Gasteiger partial charge in [-0.3, -0.25) is 0 Å². The highest BCUT2D eigenvalue weighted by Crippen LogP contribution is 2.25. The average Bonchev–Trinajstić information content (AvgIpc) is 2.81. The van der Waals surface area contributed by atoms with E-state index in [1.54, 1.807) is 11.2 Å². The molecule has 0 spiro atoms. The van der Waals surface area contributed by atoms with Gasteiger partial charge in [0, 0.05) is 17.1 Å². The Morgan fingerprint density at radius 1 is 1.33 bits per heavy atom. The van der Waals surface area contributed by atoms with E-state index in [-0.39, 0.29) is 11.8 Å². The maximum Gasteiger partial charge on any atom is 0.214 e. The Kier molecular flexibility index (Phi) is 4.45. The highest BCUT2D eigenvalue weighted by atomic mass is 79.9. The van der Waals surface area contributed by atoms with Crippen molar-refractivity contribution in [2.24, 2.45) is 0 Å². The molecule has 18 heavy (non-hydrogen) atoms. The van der Waals surface area contributed by atoms with Crippen molar-refractivity contribution in [2.45, 2.75) is 32.2 Å².